The fraction of sp³-hybridized carbons (Fsp3) is 0.467. The minimum atomic E-state index is -0.489. The summed E-state index contributed by atoms with van der Waals surface area (Å²) in [7, 11) is 1.59. The van der Waals surface area contributed by atoms with Crippen molar-refractivity contribution in [3.63, 3.8) is 0 Å². The second-order valence-corrected chi connectivity index (χ2v) is 5.23. The van der Waals surface area contributed by atoms with E-state index in [4.69, 9.17) is 5.73 Å². The molecule has 0 aliphatic heterocycles. The van der Waals surface area contributed by atoms with Crippen LogP contribution in [0.15, 0.2) is 24.3 Å². The van der Waals surface area contributed by atoms with Crippen LogP contribution in [-0.2, 0) is 11.3 Å². The van der Waals surface area contributed by atoms with Crippen molar-refractivity contribution >= 4 is 24.2 Å². The van der Waals surface area contributed by atoms with Gasteiger partial charge in [-0.15, -0.1) is 12.4 Å². The smallest absolute Gasteiger partial charge is 0.251 e. The molecule has 0 heterocycles. The van der Waals surface area contributed by atoms with Crippen LogP contribution in [0.3, 0.4) is 0 Å². The zero-order chi connectivity index (χ0) is 15.1. The predicted octanol–water partition coefficient (Wildman–Crippen LogP) is 1.46. The molecule has 0 aliphatic carbocycles. The molecule has 0 spiro atoms. The number of hydrogen-bond donors (Lipinski definition) is 3. The molecule has 5 nitrogen and oxygen atoms in total. The lowest BCUT2D eigenvalue weighted by atomic mass is 10.0. The molecule has 1 aromatic carbocycles. The largest absolute Gasteiger partial charge is 0.355 e. The summed E-state index contributed by atoms with van der Waals surface area (Å²) in [4.78, 5) is 23.3. The monoisotopic (exact) mass is 313 g/mol. The maximum atomic E-state index is 11.8. The molecular weight excluding hydrogens is 290 g/mol. The fourth-order valence-corrected chi connectivity index (χ4v) is 1.90. The van der Waals surface area contributed by atoms with Gasteiger partial charge < -0.3 is 16.4 Å². The zero-order valence-electron chi connectivity index (χ0n) is 12.7. The van der Waals surface area contributed by atoms with E-state index in [0.717, 1.165) is 5.56 Å². The third-order valence-corrected chi connectivity index (χ3v) is 2.95. The van der Waals surface area contributed by atoms with Crippen LogP contribution >= 0.6 is 12.4 Å². The maximum Gasteiger partial charge on any atom is 0.251 e. The van der Waals surface area contributed by atoms with E-state index in [0.29, 0.717) is 24.4 Å². The summed E-state index contributed by atoms with van der Waals surface area (Å²) in [5.74, 6) is 0.0751. The highest BCUT2D eigenvalue weighted by Crippen LogP contribution is 2.06. The summed E-state index contributed by atoms with van der Waals surface area (Å²) in [5, 5.41) is 5.36. The minimum Gasteiger partial charge on any atom is -0.355 e. The van der Waals surface area contributed by atoms with Crippen molar-refractivity contribution in [2.75, 3.05) is 7.05 Å². The van der Waals surface area contributed by atoms with Gasteiger partial charge in [-0.3, -0.25) is 9.59 Å². The van der Waals surface area contributed by atoms with E-state index in [9.17, 15) is 9.59 Å². The Kier molecular flexibility index (Phi) is 8.66. The Morgan fingerprint density at radius 1 is 1.29 bits per heavy atom. The Morgan fingerprint density at radius 2 is 1.95 bits per heavy atom. The first-order valence-corrected chi connectivity index (χ1v) is 6.78. The van der Waals surface area contributed by atoms with Crippen molar-refractivity contribution in [2.24, 2.45) is 11.7 Å². The lowest BCUT2D eigenvalue weighted by Crippen LogP contribution is -2.41. The second-order valence-electron chi connectivity index (χ2n) is 5.23. The molecule has 0 fully saturated rings. The molecule has 0 unspecified atom stereocenters. The molecule has 0 bridgehead atoms. The Labute approximate surface area is 132 Å². The molecule has 0 saturated carbocycles. The topological polar surface area (TPSA) is 84.2 Å². The highest BCUT2D eigenvalue weighted by atomic mass is 35.5. The first-order valence-electron chi connectivity index (χ1n) is 6.78. The number of carbonyl (C=O) groups is 2. The third kappa shape index (κ3) is 6.60. The van der Waals surface area contributed by atoms with Crippen LogP contribution in [0.1, 0.15) is 36.2 Å². The molecule has 0 aromatic heterocycles. The van der Waals surface area contributed by atoms with E-state index < -0.39 is 6.04 Å². The molecule has 0 aliphatic rings. The number of carbonyl (C=O) groups excluding carboxylic acids is 2. The SMILES string of the molecule is CNC(=O)c1cccc(CNC(=O)[C@@H](N)CC(C)C)c1.Cl. The van der Waals surface area contributed by atoms with Crippen molar-refractivity contribution in [3.05, 3.63) is 35.4 Å². The highest BCUT2D eigenvalue weighted by Gasteiger charge is 2.14. The molecule has 21 heavy (non-hydrogen) atoms. The Hall–Kier alpha value is -1.59. The van der Waals surface area contributed by atoms with Crippen molar-refractivity contribution < 1.29 is 9.59 Å². The lowest BCUT2D eigenvalue weighted by Gasteiger charge is -2.14. The number of hydrogen-bond acceptors (Lipinski definition) is 3. The standard InChI is InChI=1S/C15H23N3O2.ClH/c1-10(2)7-13(16)15(20)18-9-11-5-4-6-12(8-11)14(19)17-3;/h4-6,8,10,13H,7,9,16H2,1-3H3,(H,17,19)(H,18,20);1H/t13-;/m0./s1. The summed E-state index contributed by atoms with van der Waals surface area (Å²) in [6.07, 6.45) is 0.657. The van der Waals surface area contributed by atoms with Crippen LogP contribution in [0.25, 0.3) is 0 Å². The van der Waals surface area contributed by atoms with Crippen LogP contribution in [0.5, 0.6) is 0 Å². The molecule has 4 N–H and O–H groups in total. The third-order valence-electron chi connectivity index (χ3n) is 2.95. The van der Waals surface area contributed by atoms with E-state index in [1.807, 2.05) is 19.9 Å². The molecule has 118 valence electrons. The summed E-state index contributed by atoms with van der Waals surface area (Å²) in [5.41, 5.74) is 7.25. The zero-order valence-corrected chi connectivity index (χ0v) is 13.5. The molecule has 1 atom stereocenters. The number of nitrogens with one attached hydrogen (secondary N) is 2. The molecule has 0 saturated heterocycles. The van der Waals surface area contributed by atoms with Crippen LogP contribution < -0.4 is 16.4 Å². The Morgan fingerprint density at radius 3 is 2.52 bits per heavy atom. The van der Waals surface area contributed by atoms with E-state index in [1.165, 1.54) is 0 Å². The normalized spacial score (nSPS) is 11.5. The summed E-state index contributed by atoms with van der Waals surface area (Å²) in [6.45, 7) is 4.43. The number of benzene rings is 1. The first kappa shape index (κ1) is 19.4. The summed E-state index contributed by atoms with van der Waals surface area (Å²) < 4.78 is 0. The summed E-state index contributed by atoms with van der Waals surface area (Å²) >= 11 is 0. The quantitative estimate of drug-likeness (QED) is 0.743. The predicted molar refractivity (Wildman–Crippen MR) is 86.4 cm³/mol. The molecular formula is C15H24ClN3O2. The van der Waals surface area contributed by atoms with Gasteiger partial charge in [0.2, 0.25) is 5.91 Å². The lowest BCUT2D eigenvalue weighted by molar-refractivity contribution is -0.122. The van der Waals surface area contributed by atoms with Crippen molar-refractivity contribution in [2.45, 2.75) is 32.9 Å². The van der Waals surface area contributed by atoms with Gasteiger partial charge in [0.1, 0.15) is 0 Å². The second kappa shape index (κ2) is 9.37. The average molecular weight is 314 g/mol. The average Bonchev–Trinajstić information content (AvgIpc) is 2.43. The van der Waals surface area contributed by atoms with Crippen LogP contribution in [0.4, 0.5) is 0 Å². The van der Waals surface area contributed by atoms with E-state index in [2.05, 4.69) is 10.6 Å². The van der Waals surface area contributed by atoms with Gasteiger partial charge >= 0.3 is 0 Å². The number of amides is 2. The van der Waals surface area contributed by atoms with E-state index >= 15 is 0 Å². The Bertz CT molecular complexity index is 478. The van der Waals surface area contributed by atoms with Crippen molar-refractivity contribution in [1.82, 2.24) is 10.6 Å². The molecule has 6 heteroatoms. The van der Waals surface area contributed by atoms with E-state index in [-0.39, 0.29) is 24.2 Å². The highest BCUT2D eigenvalue weighted by molar-refractivity contribution is 5.94. The molecule has 1 aromatic rings. The van der Waals surface area contributed by atoms with Crippen LogP contribution in [0, 0.1) is 5.92 Å². The first-order chi connectivity index (χ1) is 9.43. The molecule has 1 rings (SSSR count). The minimum absolute atomic E-state index is 0. The van der Waals surface area contributed by atoms with Gasteiger partial charge in [0, 0.05) is 19.2 Å². The number of halogens is 1. The summed E-state index contributed by atoms with van der Waals surface area (Å²) in [6, 6.07) is 6.65. The van der Waals surface area contributed by atoms with Gasteiger partial charge in [0.05, 0.1) is 6.04 Å². The van der Waals surface area contributed by atoms with Gasteiger partial charge in [-0.05, 0) is 30.0 Å². The van der Waals surface area contributed by atoms with Crippen molar-refractivity contribution in [3.8, 4) is 0 Å². The van der Waals surface area contributed by atoms with Crippen LogP contribution in [0.2, 0.25) is 0 Å². The van der Waals surface area contributed by atoms with Gasteiger partial charge in [-0.1, -0.05) is 26.0 Å². The van der Waals surface area contributed by atoms with Gasteiger partial charge in [0.25, 0.3) is 5.91 Å². The molecule has 0 radical (unpaired) electrons. The van der Waals surface area contributed by atoms with Gasteiger partial charge in [-0.25, -0.2) is 0 Å². The van der Waals surface area contributed by atoms with E-state index in [1.54, 1.807) is 25.2 Å². The Balaban J connectivity index is 0.00000400. The number of nitrogens with two attached hydrogens (primary N) is 1. The van der Waals surface area contributed by atoms with Gasteiger partial charge in [-0.2, -0.15) is 0 Å². The maximum absolute atomic E-state index is 11.8. The number of rotatable bonds is 6. The van der Waals surface area contributed by atoms with Crippen LogP contribution in [-0.4, -0.2) is 24.9 Å². The van der Waals surface area contributed by atoms with Crippen molar-refractivity contribution in [1.29, 1.82) is 0 Å². The molecule has 2 amide bonds. The van der Waals surface area contributed by atoms with Gasteiger partial charge in [0.15, 0.2) is 0 Å². The fourth-order valence-electron chi connectivity index (χ4n) is 1.90.